The molecule has 1 aliphatic heterocycles. The highest BCUT2D eigenvalue weighted by molar-refractivity contribution is 7.13. The second-order valence-electron chi connectivity index (χ2n) is 4.99. The summed E-state index contributed by atoms with van der Waals surface area (Å²) in [5.74, 6) is -0.255. The van der Waals surface area contributed by atoms with Crippen molar-refractivity contribution in [2.24, 2.45) is 5.92 Å². The summed E-state index contributed by atoms with van der Waals surface area (Å²) in [6, 6.07) is 0.435. The molecule has 2 unspecified atom stereocenters. The quantitative estimate of drug-likeness (QED) is 0.867. The van der Waals surface area contributed by atoms with E-state index in [0.29, 0.717) is 17.7 Å². The molecule has 1 aliphatic rings. The number of carboxylic acids is 1. The van der Waals surface area contributed by atoms with E-state index in [4.69, 9.17) is 5.11 Å². The van der Waals surface area contributed by atoms with Crippen molar-refractivity contribution < 1.29 is 9.90 Å². The number of anilines is 1. The Balaban J connectivity index is 1.92. The summed E-state index contributed by atoms with van der Waals surface area (Å²) in [6.07, 6.45) is 1.10. The van der Waals surface area contributed by atoms with Gasteiger partial charge in [0.2, 0.25) is 0 Å². The summed E-state index contributed by atoms with van der Waals surface area (Å²) in [5.41, 5.74) is 0.635. The third-order valence-electron chi connectivity index (χ3n) is 3.30. The van der Waals surface area contributed by atoms with E-state index >= 15 is 0 Å². The molecule has 2 atom stereocenters. The zero-order valence-corrected chi connectivity index (χ0v) is 11.5. The fraction of sp³-hybridized carbons (Fsp3) is 0.667. The maximum Gasteiger partial charge on any atom is 0.309 e. The number of aliphatic carboxylic acids is 1. The number of thiazole rings is 1. The minimum Gasteiger partial charge on any atom is -0.481 e. The van der Waals surface area contributed by atoms with Crippen LogP contribution in [0, 0.1) is 5.92 Å². The third kappa shape index (κ3) is 3.43. The van der Waals surface area contributed by atoms with Crippen molar-refractivity contribution in [3.05, 3.63) is 11.1 Å². The van der Waals surface area contributed by atoms with Gasteiger partial charge in [0.15, 0.2) is 5.13 Å². The lowest BCUT2D eigenvalue weighted by Gasteiger charge is -2.35. The lowest BCUT2D eigenvalue weighted by molar-refractivity contribution is -0.136. The number of rotatable bonds is 4. The van der Waals surface area contributed by atoms with E-state index in [2.05, 4.69) is 29.2 Å². The van der Waals surface area contributed by atoms with E-state index in [0.717, 1.165) is 24.6 Å². The molecule has 0 aliphatic carbocycles. The number of piperidine rings is 1. The Morgan fingerprint density at radius 3 is 3.17 bits per heavy atom. The normalized spacial score (nSPS) is 25.0. The predicted molar refractivity (Wildman–Crippen MR) is 72.1 cm³/mol. The Labute approximate surface area is 111 Å². The van der Waals surface area contributed by atoms with Gasteiger partial charge in [-0.1, -0.05) is 6.92 Å². The number of hydrogen-bond acceptors (Lipinski definition) is 5. The predicted octanol–water partition coefficient (Wildman–Crippen LogP) is 1.52. The summed E-state index contributed by atoms with van der Waals surface area (Å²) in [5, 5.41) is 14.8. The Morgan fingerprint density at radius 1 is 1.72 bits per heavy atom. The standard InChI is InChI=1S/C12H19N3O2S/c1-8-6-15(2)4-3-10(8)14-12-13-9(7-18-12)5-11(16)17/h7-8,10H,3-6H2,1-2H3,(H,13,14)(H,16,17). The Bertz CT molecular complexity index is 421. The lowest BCUT2D eigenvalue weighted by Crippen LogP contribution is -2.43. The topological polar surface area (TPSA) is 65.5 Å². The zero-order valence-electron chi connectivity index (χ0n) is 10.7. The average Bonchev–Trinajstić information content (AvgIpc) is 2.69. The van der Waals surface area contributed by atoms with Crippen LogP contribution in [0.2, 0.25) is 0 Å². The smallest absolute Gasteiger partial charge is 0.309 e. The van der Waals surface area contributed by atoms with Gasteiger partial charge in [0.1, 0.15) is 0 Å². The van der Waals surface area contributed by atoms with Crippen molar-refractivity contribution in [2.75, 3.05) is 25.5 Å². The molecule has 2 N–H and O–H groups in total. The van der Waals surface area contributed by atoms with E-state index in [1.54, 1.807) is 0 Å². The molecular formula is C12H19N3O2S. The molecule has 100 valence electrons. The fourth-order valence-corrected chi connectivity index (χ4v) is 3.11. The minimum absolute atomic E-state index is 0.00113. The van der Waals surface area contributed by atoms with Crippen LogP contribution in [-0.4, -0.2) is 47.1 Å². The maximum atomic E-state index is 10.6. The summed E-state index contributed by atoms with van der Waals surface area (Å²) in [4.78, 5) is 17.2. The van der Waals surface area contributed by atoms with Gasteiger partial charge in [-0.05, 0) is 25.9 Å². The average molecular weight is 269 g/mol. The van der Waals surface area contributed by atoms with Gasteiger partial charge in [-0.25, -0.2) is 4.98 Å². The molecule has 1 fully saturated rings. The highest BCUT2D eigenvalue weighted by Gasteiger charge is 2.24. The number of aromatic nitrogens is 1. The van der Waals surface area contributed by atoms with Crippen molar-refractivity contribution in [2.45, 2.75) is 25.8 Å². The molecular weight excluding hydrogens is 250 g/mol. The number of likely N-dealkylation sites (tertiary alicyclic amines) is 1. The molecule has 18 heavy (non-hydrogen) atoms. The Morgan fingerprint density at radius 2 is 2.50 bits per heavy atom. The van der Waals surface area contributed by atoms with Crippen LogP contribution in [0.5, 0.6) is 0 Å². The van der Waals surface area contributed by atoms with Crippen LogP contribution in [-0.2, 0) is 11.2 Å². The van der Waals surface area contributed by atoms with Crippen molar-refractivity contribution in [1.29, 1.82) is 0 Å². The summed E-state index contributed by atoms with van der Waals surface area (Å²) in [7, 11) is 2.14. The van der Waals surface area contributed by atoms with Gasteiger partial charge in [-0.2, -0.15) is 0 Å². The fourth-order valence-electron chi connectivity index (χ4n) is 2.34. The maximum absolute atomic E-state index is 10.6. The van der Waals surface area contributed by atoms with Crippen LogP contribution in [0.25, 0.3) is 0 Å². The first-order chi connectivity index (χ1) is 8.54. The van der Waals surface area contributed by atoms with Crippen molar-refractivity contribution >= 4 is 22.4 Å². The number of carbonyl (C=O) groups is 1. The number of carboxylic acid groups (broad SMARTS) is 1. The van der Waals surface area contributed by atoms with Gasteiger partial charge in [-0.3, -0.25) is 4.79 Å². The summed E-state index contributed by atoms with van der Waals surface area (Å²) < 4.78 is 0. The van der Waals surface area contributed by atoms with Crippen LogP contribution < -0.4 is 5.32 Å². The number of nitrogens with one attached hydrogen (secondary N) is 1. The first-order valence-corrected chi connectivity index (χ1v) is 7.04. The van der Waals surface area contributed by atoms with Crippen molar-refractivity contribution in [3.8, 4) is 0 Å². The molecule has 0 aromatic carbocycles. The SMILES string of the molecule is CC1CN(C)CCC1Nc1nc(CC(=O)O)cs1. The van der Waals surface area contributed by atoms with Gasteiger partial charge in [0, 0.05) is 18.0 Å². The molecule has 5 nitrogen and oxygen atoms in total. The van der Waals surface area contributed by atoms with Crippen LogP contribution in [0.1, 0.15) is 19.0 Å². The Hall–Kier alpha value is -1.14. The van der Waals surface area contributed by atoms with Gasteiger partial charge in [0.25, 0.3) is 0 Å². The van der Waals surface area contributed by atoms with Gasteiger partial charge in [-0.15, -0.1) is 11.3 Å². The molecule has 2 rings (SSSR count). The molecule has 0 spiro atoms. The van der Waals surface area contributed by atoms with Crippen LogP contribution in [0.4, 0.5) is 5.13 Å². The van der Waals surface area contributed by atoms with E-state index < -0.39 is 5.97 Å². The van der Waals surface area contributed by atoms with E-state index in [9.17, 15) is 4.79 Å². The molecule has 1 aromatic rings. The molecule has 0 amide bonds. The Kier molecular flexibility index (Phi) is 4.19. The van der Waals surface area contributed by atoms with Crippen molar-refractivity contribution in [1.82, 2.24) is 9.88 Å². The summed E-state index contributed by atoms with van der Waals surface area (Å²) >= 11 is 1.49. The van der Waals surface area contributed by atoms with Crippen molar-refractivity contribution in [3.63, 3.8) is 0 Å². The number of nitrogens with zero attached hydrogens (tertiary/aromatic N) is 2. The van der Waals surface area contributed by atoms with E-state index in [-0.39, 0.29) is 6.42 Å². The molecule has 0 radical (unpaired) electrons. The van der Waals surface area contributed by atoms with Crippen LogP contribution in [0.3, 0.4) is 0 Å². The first-order valence-electron chi connectivity index (χ1n) is 6.16. The summed E-state index contributed by atoms with van der Waals surface area (Å²) in [6.45, 7) is 4.42. The second-order valence-corrected chi connectivity index (χ2v) is 5.85. The van der Waals surface area contributed by atoms with Crippen LogP contribution >= 0.6 is 11.3 Å². The molecule has 2 heterocycles. The molecule has 0 bridgehead atoms. The van der Waals surface area contributed by atoms with Gasteiger partial charge < -0.3 is 15.3 Å². The van der Waals surface area contributed by atoms with Gasteiger partial charge >= 0.3 is 5.97 Å². The first kappa shape index (κ1) is 13.3. The third-order valence-corrected chi connectivity index (χ3v) is 4.12. The molecule has 0 saturated carbocycles. The van der Waals surface area contributed by atoms with E-state index in [1.807, 2.05) is 5.38 Å². The largest absolute Gasteiger partial charge is 0.481 e. The molecule has 1 saturated heterocycles. The second kappa shape index (κ2) is 5.67. The van der Waals surface area contributed by atoms with Gasteiger partial charge in [0.05, 0.1) is 12.1 Å². The highest BCUT2D eigenvalue weighted by Crippen LogP contribution is 2.23. The van der Waals surface area contributed by atoms with E-state index in [1.165, 1.54) is 11.3 Å². The molecule has 6 heteroatoms. The zero-order chi connectivity index (χ0) is 13.1. The number of hydrogen-bond donors (Lipinski definition) is 2. The minimum atomic E-state index is -0.834. The highest BCUT2D eigenvalue weighted by atomic mass is 32.1. The lowest BCUT2D eigenvalue weighted by atomic mass is 9.94. The van der Waals surface area contributed by atoms with Crippen LogP contribution in [0.15, 0.2) is 5.38 Å². The molecule has 1 aromatic heterocycles. The monoisotopic (exact) mass is 269 g/mol.